The van der Waals surface area contributed by atoms with Crippen LogP contribution >= 0.6 is 24.0 Å². The number of hydrogen-bond donors (Lipinski definition) is 3. The molecule has 7 heteroatoms. The SMILES string of the molecule is CCNC(=NCc1ccc(O)c(F)c1)NCC1(CCOC)CCC1.I. The summed E-state index contributed by atoms with van der Waals surface area (Å²) in [4.78, 5) is 4.51. The molecule has 2 rings (SSSR count). The molecule has 142 valence electrons. The maximum absolute atomic E-state index is 13.4. The van der Waals surface area contributed by atoms with Gasteiger partial charge in [-0.25, -0.2) is 9.38 Å². The molecular formula is C18H29FIN3O2. The third-order valence-electron chi connectivity index (χ3n) is 4.66. The summed E-state index contributed by atoms with van der Waals surface area (Å²) in [5, 5.41) is 15.9. The van der Waals surface area contributed by atoms with Crippen molar-refractivity contribution in [2.45, 2.75) is 39.2 Å². The van der Waals surface area contributed by atoms with Crippen molar-refractivity contribution >= 4 is 29.9 Å². The Balaban J connectivity index is 0.00000312. The normalized spacial score (nSPS) is 15.9. The first-order valence-electron chi connectivity index (χ1n) is 8.57. The molecule has 3 N–H and O–H groups in total. The van der Waals surface area contributed by atoms with Crippen LogP contribution in [0.5, 0.6) is 5.75 Å². The number of benzene rings is 1. The van der Waals surface area contributed by atoms with E-state index in [2.05, 4.69) is 15.6 Å². The Morgan fingerprint density at radius 2 is 2.12 bits per heavy atom. The summed E-state index contributed by atoms with van der Waals surface area (Å²) < 4.78 is 18.6. The Kier molecular flexibility index (Phi) is 9.48. The third kappa shape index (κ3) is 6.62. The molecule has 1 saturated carbocycles. The van der Waals surface area contributed by atoms with Crippen LogP contribution in [-0.4, -0.2) is 37.9 Å². The third-order valence-corrected chi connectivity index (χ3v) is 4.66. The minimum Gasteiger partial charge on any atom is -0.505 e. The molecule has 0 spiro atoms. The highest BCUT2D eigenvalue weighted by Gasteiger charge is 2.36. The van der Waals surface area contributed by atoms with Crippen LogP contribution in [0.25, 0.3) is 0 Å². The van der Waals surface area contributed by atoms with Crippen LogP contribution < -0.4 is 10.6 Å². The molecule has 1 aromatic rings. The smallest absolute Gasteiger partial charge is 0.191 e. The van der Waals surface area contributed by atoms with E-state index in [9.17, 15) is 9.50 Å². The highest BCUT2D eigenvalue weighted by atomic mass is 127. The van der Waals surface area contributed by atoms with Crippen molar-refractivity contribution in [3.05, 3.63) is 29.6 Å². The number of methoxy groups -OCH3 is 1. The van der Waals surface area contributed by atoms with E-state index in [0.717, 1.165) is 37.6 Å². The Morgan fingerprint density at radius 1 is 1.36 bits per heavy atom. The summed E-state index contributed by atoms with van der Waals surface area (Å²) in [6, 6.07) is 4.35. The first kappa shape index (κ1) is 22.0. The van der Waals surface area contributed by atoms with E-state index in [4.69, 9.17) is 4.74 Å². The van der Waals surface area contributed by atoms with E-state index < -0.39 is 5.82 Å². The van der Waals surface area contributed by atoms with Gasteiger partial charge in [-0.05, 0) is 49.3 Å². The molecule has 0 aromatic heterocycles. The van der Waals surface area contributed by atoms with Gasteiger partial charge in [0.05, 0.1) is 6.54 Å². The Bertz CT molecular complexity index is 565. The van der Waals surface area contributed by atoms with Crippen LogP contribution in [0.2, 0.25) is 0 Å². The van der Waals surface area contributed by atoms with Crippen molar-refractivity contribution < 1.29 is 14.2 Å². The first-order chi connectivity index (χ1) is 11.6. The average molecular weight is 465 g/mol. The molecule has 0 bridgehead atoms. The van der Waals surface area contributed by atoms with Crippen molar-refractivity contribution in [1.82, 2.24) is 10.6 Å². The molecular weight excluding hydrogens is 436 g/mol. The zero-order valence-electron chi connectivity index (χ0n) is 15.0. The molecule has 0 amide bonds. The minimum atomic E-state index is -0.617. The predicted octanol–water partition coefficient (Wildman–Crippen LogP) is 3.41. The molecule has 25 heavy (non-hydrogen) atoms. The first-order valence-corrected chi connectivity index (χ1v) is 8.57. The maximum Gasteiger partial charge on any atom is 0.191 e. The summed E-state index contributed by atoms with van der Waals surface area (Å²) in [6.45, 7) is 4.79. The van der Waals surface area contributed by atoms with Gasteiger partial charge >= 0.3 is 0 Å². The predicted molar refractivity (Wildman–Crippen MR) is 109 cm³/mol. The second kappa shape index (κ2) is 10.8. The van der Waals surface area contributed by atoms with Gasteiger partial charge in [-0.3, -0.25) is 0 Å². The van der Waals surface area contributed by atoms with Crippen LogP contribution in [0.4, 0.5) is 4.39 Å². The number of hydrogen-bond acceptors (Lipinski definition) is 3. The van der Waals surface area contributed by atoms with Gasteiger partial charge in [0.1, 0.15) is 0 Å². The van der Waals surface area contributed by atoms with Crippen molar-refractivity contribution in [3.8, 4) is 5.75 Å². The fraction of sp³-hybridized carbons (Fsp3) is 0.611. The highest BCUT2D eigenvalue weighted by molar-refractivity contribution is 14.0. The van der Waals surface area contributed by atoms with E-state index in [1.807, 2.05) is 6.92 Å². The monoisotopic (exact) mass is 465 g/mol. The Morgan fingerprint density at radius 3 is 2.68 bits per heavy atom. The molecule has 0 radical (unpaired) electrons. The molecule has 0 aliphatic heterocycles. The number of nitrogens with zero attached hydrogens (tertiary/aromatic N) is 1. The van der Waals surface area contributed by atoms with E-state index >= 15 is 0 Å². The Hall–Kier alpha value is -1.09. The van der Waals surface area contributed by atoms with E-state index in [-0.39, 0.29) is 29.7 Å². The van der Waals surface area contributed by atoms with Crippen LogP contribution in [0, 0.1) is 11.2 Å². The number of aromatic hydroxyl groups is 1. The summed E-state index contributed by atoms with van der Waals surface area (Å²) in [5.41, 5.74) is 1.02. The Labute approximate surface area is 166 Å². The molecule has 0 unspecified atom stereocenters. The van der Waals surface area contributed by atoms with Crippen LogP contribution in [0.1, 0.15) is 38.2 Å². The van der Waals surface area contributed by atoms with Gasteiger partial charge < -0.3 is 20.5 Å². The van der Waals surface area contributed by atoms with E-state index in [1.54, 1.807) is 13.2 Å². The second-order valence-corrected chi connectivity index (χ2v) is 6.43. The lowest BCUT2D eigenvalue weighted by Crippen LogP contribution is -2.46. The average Bonchev–Trinajstić information content (AvgIpc) is 2.54. The van der Waals surface area contributed by atoms with Gasteiger partial charge in [-0.1, -0.05) is 12.5 Å². The molecule has 1 fully saturated rings. The second-order valence-electron chi connectivity index (χ2n) is 6.43. The van der Waals surface area contributed by atoms with Gasteiger partial charge in [0.15, 0.2) is 17.5 Å². The van der Waals surface area contributed by atoms with Gasteiger partial charge in [-0.15, -0.1) is 24.0 Å². The van der Waals surface area contributed by atoms with Gasteiger partial charge in [0.2, 0.25) is 0 Å². The number of phenols is 1. The van der Waals surface area contributed by atoms with Crippen LogP contribution in [0.3, 0.4) is 0 Å². The lowest BCUT2D eigenvalue weighted by Gasteiger charge is -2.42. The van der Waals surface area contributed by atoms with Crippen molar-refractivity contribution in [2.24, 2.45) is 10.4 Å². The number of nitrogens with one attached hydrogen (secondary N) is 2. The lowest BCUT2D eigenvalue weighted by atomic mass is 9.67. The number of guanidine groups is 1. The number of ether oxygens (including phenoxy) is 1. The minimum absolute atomic E-state index is 0. The summed E-state index contributed by atoms with van der Waals surface area (Å²) in [7, 11) is 1.74. The number of aliphatic imine (C=N–C) groups is 1. The largest absolute Gasteiger partial charge is 0.505 e. The molecule has 5 nitrogen and oxygen atoms in total. The molecule has 0 saturated heterocycles. The molecule has 0 atom stereocenters. The van der Waals surface area contributed by atoms with Gasteiger partial charge in [-0.2, -0.15) is 0 Å². The highest BCUT2D eigenvalue weighted by Crippen LogP contribution is 2.43. The van der Waals surface area contributed by atoms with Gasteiger partial charge in [0, 0.05) is 26.8 Å². The lowest BCUT2D eigenvalue weighted by molar-refractivity contribution is 0.0732. The standard InChI is InChI=1S/C18H28FN3O2.HI/c1-3-20-17(21-12-14-5-6-16(23)15(19)11-14)22-13-18(7-4-8-18)9-10-24-2;/h5-6,11,23H,3-4,7-10,12-13H2,1-2H3,(H2,20,21,22);1H. The van der Waals surface area contributed by atoms with E-state index in [0.29, 0.717) is 12.0 Å². The number of rotatable bonds is 8. The topological polar surface area (TPSA) is 65.9 Å². The molecule has 0 heterocycles. The number of halogens is 2. The van der Waals surface area contributed by atoms with Crippen molar-refractivity contribution in [2.75, 3.05) is 26.8 Å². The quantitative estimate of drug-likeness (QED) is 0.313. The zero-order chi connectivity index (χ0) is 17.4. The zero-order valence-corrected chi connectivity index (χ0v) is 17.3. The van der Waals surface area contributed by atoms with Crippen molar-refractivity contribution in [1.29, 1.82) is 0 Å². The molecule has 1 aliphatic carbocycles. The number of phenolic OH excluding ortho intramolecular Hbond substituents is 1. The fourth-order valence-corrected chi connectivity index (χ4v) is 2.94. The summed E-state index contributed by atoms with van der Waals surface area (Å²) in [5.74, 6) is -0.221. The molecule has 1 aromatic carbocycles. The van der Waals surface area contributed by atoms with Crippen LogP contribution in [0.15, 0.2) is 23.2 Å². The maximum atomic E-state index is 13.4. The molecule has 1 aliphatic rings. The summed E-state index contributed by atoms with van der Waals surface area (Å²) in [6.07, 6.45) is 4.75. The van der Waals surface area contributed by atoms with Crippen molar-refractivity contribution in [3.63, 3.8) is 0 Å². The fourth-order valence-electron chi connectivity index (χ4n) is 2.94. The summed E-state index contributed by atoms with van der Waals surface area (Å²) >= 11 is 0. The van der Waals surface area contributed by atoms with Gasteiger partial charge in [0.25, 0.3) is 0 Å². The van der Waals surface area contributed by atoms with Crippen LogP contribution in [-0.2, 0) is 11.3 Å². The van der Waals surface area contributed by atoms with E-state index in [1.165, 1.54) is 31.4 Å².